The fourth-order valence-corrected chi connectivity index (χ4v) is 2.84. The smallest absolute Gasteiger partial charge is 0.246 e. The molecule has 1 heterocycles. The molecule has 2 aromatic carbocycles. The Bertz CT molecular complexity index is 622. The first-order chi connectivity index (χ1) is 10.1. The first-order valence-electron chi connectivity index (χ1n) is 7.26. The Kier molecular flexibility index (Phi) is 3.52. The number of nitrogens with one attached hydrogen (secondary N) is 1. The lowest BCUT2D eigenvalue weighted by Crippen LogP contribution is -2.46. The number of hydrogen-bond acceptors (Lipinski definition) is 2. The summed E-state index contributed by atoms with van der Waals surface area (Å²) in [5.41, 5.74) is 1.81. The molecule has 0 spiro atoms. The van der Waals surface area contributed by atoms with E-state index in [9.17, 15) is 4.79 Å². The molecule has 1 aliphatic heterocycles. The summed E-state index contributed by atoms with van der Waals surface area (Å²) >= 11 is 0. The van der Waals surface area contributed by atoms with Crippen LogP contribution in [0.1, 0.15) is 31.0 Å². The van der Waals surface area contributed by atoms with Gasteiger partial charge >= 0.3 is 0 Å². The quantitative estimate of drug-likeness (QED) is 0.937. The Balaban J connectivity index is 1.86. The lowest BCUT2D eigenvalue weighted by molar-refractivity contribution is -0.132. The van der Waals surface area contributed by atoms with Crippen LogP contribution in [0.25, 0.3) is 0 Å². The molecule has 1 saturated heterocycles. The molecule has 1 fully saturated rings. The zero-order chi connectivity index (χ0) is 14.9. The van der Waals surface area contributed by atoms with Crippen molar-refractivity contribution in [3.05, 3.63) is 71.8 Å². The second-order valence-electron chi connectivity index (χ2n) is 5.96. The van der Waals surface area contributed by atoms with Crippen LogP contribution in [0.5, 0.6) is 0 Å². The van der Waals surface area contributed by atoms with Crippen LogP contribution < -0.4 is 5.32 Å². The number of nitrogens with zero attached hydrogens (tertiary/aromatic N) is 1. The van der Waals surface area contributed by atoms with Crippen LogP contribution in [-0.4, -0.2) is 16.5 Å². The zero-order valence-corrected chi connectivity index (χ0v) is 12.4. The fraction of sp³-hybridized carbons (Fsp3) is 0.278. The highest BCUT2D eigenvalue weighted by Crippen LogP contribution is 2.31. The van der Waals surface area contributed by atoms with E-state index in [4.69, 9.17) is 0 Å². The van der Waals surface area contributed by atoms with Gasteiger partial charge in [0.1, 0.15) is 6.04 Å². The summed E-state index contributed by atoms with van der Waals surface area (Å²) < 4.78 is 0. The lowest BCUT2D eigenvalue weighted by Gasteiger charge is -2.31. The first-order valence-corrected chi connectivity index (χ1v) is 7.26. The molecule has 3 rings (SSSR count). The Hall–Kier alpha value is -2.13. The SMILES string of the molecule is CC1(C)N[C@@H](c2ccccc2)C(=O)N1Cc1ccccc1. The molecular weight excluding hydrogens is 260 g/mol. The summed E-state index contributed by atoms with van der Waals surface area (Å²) in [4.78, 5) is 14.7. The number of benzene rings is 2. The summed E-state index contributed by atoms with van der Waals surface area (Å²) in [6.45, 7) is 4.73. The van der Waals surface area contributed by atoms with E-state index in [1.807, 2.05) is 53.4 Å². The van der Waals surface area contributed by atoms with Crippen molar-refractivity contribution in [2.45, 2.75) is 32.1 Å². The fourth-order valence-electron chi connectivity index (χ4n) is 2.84. The molecule has 3 heteroatoms. The van der Waals surface area contributed by atoms with Gasteiger partial charge in [-0.1, -0.05) is 60.7 Å². The van der Waals surface area contributed by atoms with Gasteiger partial charge in [-0.2, -0.15) is 0 Å². The molecule has 0 unspecified atom stereocenters. The van der Waals surface area contributed by atoms with Crippen LogP contribution >= 0.6 is 0 Å². The van der Waals surface area contributed by atoms with Gasteiger partial charge in [-0.15, -0.1) is 0 Å². The summed E-state index contributed by atoms with van der Waals surface area (Å²) in [7, 11) is 0. The Morgan fingerprint density at radius 2 is 1.57 bits per heavy atom. The van der Waals surface area contributed by atoms with Gasteiger partial charge in [0.25, 0.3) is 0 Å². The van der Waals surface area contributed by atoms with Crippen molar-refractivity contribution in [1.82, 2.24) is 10.2 Å². The summed E-state index contributed by atoms with van der Waals surface area (Å²) in [6.07, 6.45) is 0. The molecule has 0 aliphatic carbocycles. The van der Waals surface area contributed by atoms with E-state index in [0.717, 1.165) is 11.1 Å². The number of amides is 1. The molecule has 1 aliphatic rings. The molecule has 2 aromatic rings. The summed E-state index contributed by atoms with van der Waals surface area (Å²) in [5, 5.41) is 3.44. The minimum Gasteiger partial charge on any atom is -0.319 e. The molecule has 0 radical (unpaired) electrons. The molecule has 1 amide bonds. The maximum absolute atomic E-state index is 12.8. The Morgan fingerprint density at radius 3 is 2.19 bits per heavy atom. The number of hydrogen-bond donors (Lipinski definition) is 1. The van der Waals surface area contributed by atoms with E-state index >= 15 is 0 Å². The molecule has 1 atom stereocenters. The van der Waals surface area contributed by atoms with Crippen molar-refractivity contribution in [3.63, 3.8) is 0 Å². The van der Waals surface area contributed by atoms with E-state index in [0.29, 0.717) is 6.54 Å². The van der Waals surface area contributed by atoms with E-state index in [2.05, 4.69) is 31.3 Å². The third-order valence-electron chi connectivity index (χ3n) is 4.00. The number of rotatable bonds is 3. The van der Waals surface area contributed by atoms with Crippen molar-refractivity contribution in [1.29, 1.82) is 0 Å². The third kappa shape index (κ3) is 2.69. The molecule has 0 aromatic heterocycles. The van der Waals surface area contributed by atoms with Gasteiger partial charge in [-0.25, -0.2) is 0 Å². The highest BCUT2D eigenvalue weighted by atomic mass is 16.2. The second-order valence-corrected chi connectivity index (χ2v) is 5.96. The molecule has 0 bridgehead atoms. The van der Waals surface area contributed by atoms with Crippen LogP contribution in [0, 0.1) is 0 Å². The topological polar surface area (TPSA) is 32.3 Å². The summed E-state index contributed by atoms with van der Waals surface area (Å²) in [5.74, 6) is 0.134. The van der Waals surface area contributed by atoms with E-state index < -0.39 is 0 Å². The molecule has 21 heavy (non-hydrogen) atoms. The van der Waals surface area contributed by atoms with Crippen molar-refractivity contribution in [2.24, 2.45) is 0 Å². The standard InChI is InChI=1S/C18H20N2O/c1-18(2)19-16(15-11-7-4-8-12-15)17(21)20(18)13-14-9-5-3-6-10-14/h3-12,16,19H,13H2,1-2H3/t16-/m0/s1. The predicted octanol–water partition coefficient (Wildman–Crippen LogP) is 3.10. The van der Waals surface area contributed by atoms with Crippen molar-refractivity contribution < 1.29 is 4.79 Å². The maximum atomic E-state index is 12.8. The highest BCUT2D eigenvalue weighted by molar-refractivity contribution is 5.86. The van der Waals surface area contributed by atoms with Gasteiger partial charge in [0.15, 0.2) is 0 Å². The van der Waals surface area contributed by atoms with Crippen molar-refractivity contribution in [3.8, 4) is 0 Å². The number of carbonyl (C=O) groups excluding carboxylic acids is 1. The first kappa shape index (κ1) is 13.8. The molecule has 0 saturated carbocycles. The largest absolute Gasteiger partial charge is 0.319 e. The van der Waals surface area contributed by atoms with Gasteiger partial charge in [0.2, 0.25) is 5.91 Å². The van der Waals surface area contributed by atoms with Gasteiger partial charge in [0.05, 0.1) is 5.66 Å². The predicted molar refractivity (Wildman–Crippen MR) is 83.4 cm³/mol. The van der Waals surface area contributed by atoms with Crippen molar-refractivity contribution in [2.75, 3.05) is 0 Å². The average molecular weight is 280 g/mol. The zero-order valence-electron chi connectivity index (χ0n) is 12.4. The average Bonchev–Trinajstić information content (AvgIpc) is 2.73. The molecule has 3 nitrogen and oxygen atoms in total. The van der Waals surface area contributed by atoms with Crippen molar-refractivity contribution >= 4 is 5.91 Å². The van der Waals surface area contributed by atoms with Gasteiger partial charge in [-0.3, -0.25) is 10.1 Å². The van der Waals surface area contributed by atoms with Gasteiger partial charge < -0.3 is 4.90 Å². The normalized spacial score (nSPS) is 20.8. The van der Waals surface area contributed by atoms with Crippen LogP contribution in [0.4, 0.5) is 0 Å². The third-order valence-corrected chi connectivity index (χ3v) is 4.00. The van der Waals surface area contributed by atoms with Crippen LogP contribution in [0.3, 0.4) is 0 Å². The minimum absolute atomic E-state index is 0.134. The van der Waals surface area contributed by atoms with E-state index in [-0.39, 0.29) is 17.6 Å². The van der Waals surface area contributed by atoms with Gasteiger partial charge in [-0.05, 0) is 25.0 Å². The van der Waals surface area contributed by atoms with Gasteiger partial charge in [0, 0.05) is 6.54 Å². The number of carbonyl (C=O) groups is 1. The lowest BCUT2D eigenvalue weighted by atomic mass is 10.1. The molecule has 108 valence electrons. The Labute approximate surface area is 125 Å². The van der Waals surface area contributed by atoms with Crippen LogP contribution in [-0.2, 0) is 11.3 Å². The monoisotopic (exact) mass is 280 g/mol. The maximum Gasteiger partial charge on any atom is 0.246 e. The second kappa shape index (κ2) is 5.34. The summed E-state index contributed by atoms with van der Waals surface area (Å²) in [6, 6.07) is 19.8. The van der Waals surface area contributed by atoms with Crippen LogP contribution in [0.2, 0.25) is 0 Å². The highest BCUT2D eigenvalue weighted by Gasteiger charge is 2.44. The van der Waals surface area contributed by atoms with Crippen LogP contribution in [0.15, 0.2) is 60.7 Å². The molecular formula is C18H20N2O. The Morgan fingerprint density at radius 1 is 1.00 bits per heavy atom. The molecule has 1 N–H and O–H groups in total. The van der Waals surface area contributed by atoms with E-state index in [1.54, 1.807) is 0 Å². The van der Waals surface area contributed by atoms with E-state index in [1.165, 1.54) is 0 Å². The minimum atomic E-state index is -0.354.